The molecule has 0 heterocycles. The minimum Gasteiger partial charge on any atom is -0.462 e. The highest BCUT2D eigenvalue weighted by Crippen LogP contribution is 2.16. The summed E-state index contributed by atoms with van der Waals surface area (Å²) in [4.78, 5) is 38.1. The van der Waals surface area contributed by atoms with Gasteiger partial charge in [0.25, 0.3) is 0 Å². The Morgan fingerprint density at radius 3 is 0.954 bits per heavy atom. The van der Waals surface area contributed by atoms with E-state index in [1.54, 1.807) is 0 Å². The van der Waals surface area contributed by atoms with E-state index in [1.165, 1.54) is 141 Å². The lowest BCUT2D eigenvalue weighted by molar-refractivity contribution is -0.167. The van der Waals surface area contributed by atoms with Crippen LogP contribution in [0.15, 0.2) is 60.8 Å². The first-order valence-corrected chi connectivity index (χ1v) is 27.8. The Hall–Kier alpha value is -2.89. The zero-order valence-corrected chi connectivity index (χ0v) is 43.0. The molecule has 0 fully saturated rings. The predicted octanol–water partition coefficient (Wildman–Crippen LogP) is 18.4. The number of hydrogen-bond donors (Lipinski definition) is 0. The highest BCUT2D eigenvalue weighted by Gasteiger charge is 2.19. The molecule has 65 heavy (non-hydrogen) atoms. The van der Waals surface area contributed by atoms with Crippen LogP contribution in [0, 0.1) is 0 Å². The maximum atomic E-state index is 12.8. The van der Waals surface area contributed by atoms with Gasteiger partial charge in [-0.2, -0.15) is 0 Å². The minimum absolute atomic E-state index is 0.0878. The molecule has 0 aromatic heterocycles. The standard InChI is InChI=1S/C59H104O6/c1-4-7-10-13-16-19-22-25-27-29-30-32-34-37-40-43-46-49-52-58(61)64-55-56(54-63-57(60)51-48-45-42-39-36-33-24-21-18-15-12-9-6-3)65-59(62)53-50-47-44-41-38-35-31-28-26-23-20-17-14-11-8-5-2/h16,19,22,25,27,29-30,32-33,36,56H,4-15,17-18,20-21,23-24,26,28,31,34-35,37-55H2,1-3H3/b19-16-,25-22-,29-27-,32-30-,36-33-. The molecule has 0 aromatic rings. The van der Waals surface area contributed by atoms with E-state index in [2.05, 4.69) is 81.5 Å². The molecule has 1 atom stereocenters. The van der Waals surface area contributed by atoms with Crippen LogP contribution in [0.2, 0.25) is 0 Å². The van der Waals surface area contributed by atoms with Crippen molar-refractivity contribution in [3.63, 3.8) is 0 Å². The van der Waals surface area contributed by atoms with Gasteiger partial charge in [-0.3, -0.25) is 14.4 Å². The summed E-state index contributed by atoms with van der Waals surface area (Å²) in [6.07, 6.45) is 66.3. The molecule has 0 aromatic carbocycles. The SMILES string of the molecule is CCCCC\C=C/C=C\C=C/C=C\CCCCCCCC(=O)OCC(COC(=O)CCCCC/C=C\CCCCCCCC)OC(=O)CCCCCCCCCCCCCCCCCC. The van der Waals surface area contributed by atoms with E-state index in [-0.39, 0.29) is 31.1 Å². The van der Waals surface area contributed by atoms with Crippen molar-refractivity contribution in [3.8, 4) is 0 Å². The van der Waals surface area contributed by atoms with E-state index in [0.29, 0.717) is 19.3 Å². The molecule has 0 aliphatic rings. The van der Waals surface area contributed by atoms with Crippen molar-refractivity contribution >= 4 is 17.9 Å². The van der Waals surface area contributed by atoms with E-state index < -0.39 is 6.10 Å². The third kappa shape index (κ3) is 51.9. The van der Waals surface area contributed by atoms with Gasteiger partial charge in [-0.05, 0) is 70.6 Å². The van der Waals surface area contributed by atoms with E-state index in [4.69, 9.17) is 14.2 Å². The number of carbonyl (C=O) groups excluding carboxylic acids is 3. The summed E-state index contributed by atoms with van der Waals surface area (Å²) in [5, 5.41) is 0. The summed E-state index contributed by atoms with van der Waals surface area (Å²) in [5.74, 6) is -0.915. The number of ether oxygens (including phenoxy) is 3. The maximum absolute atomic E-state index is 12.8. The average Bonchev–Trinajstić information content (AvgIpc) is 3.30. The van der Waals surface area contributed by atoms with Crippen molar-refractivity contribution in [1.29, 1.82) is 0 Å². The molecule has 0 radical (unpaired) electrons. The van der Waals surface area contributed by atoms with Crippen LogP contribution < -0.4 is 0 Å². The van der Waals surface area contributed by atoms with Crippen molar-refractivity contribution in [2.24, 2.45) is 0 Å². The third-order valence-corrected chi connectivity index (χ3v) is 12.1. The third-order valence-electron chi connectivity index (χ3n) is 12.1. The van der Waals surface area contributed by atoms with Crippen LogP contribution in [0.4, 0.5) is 0 Å². The maximum Gasteiger partial charge on any atom is 0.306 e. The van der Waals surface area contributed by atoms with Crippen molar-refractivity contribution < 1.29 is 28.6 Å². The van der Waals surface area contributed by atoms with Gasteiger partial charge >= 0.3 is 17.9 Å². The molecule has 0 saturated heterocycles. The minimum atomic E-state index is -0.788. The van der Waals surface area contributed by atoms with Crippen LogP contribution >= 0.6 is 0 Å². The van der Waals surface area contributed by atoms with Crippen LogP contribution in [-0.4, -0.2) is 37.2 Å². The van der Waals surface area contributed by atoms with Crippen LogP contribution in [0.3, 0.4) is 0 Å². The van der Waals surface area contributed by atoms with Gasteiger partial charge in [0.05, 0.1) is 0 Å². The van der Waals surface area contributed by atoms with Gasteiger partial charge in [0.2, 0.25) is 0 Å². The molecule has 0 spiro atoms. The number of rotatable bonds is 50. The second-order valence-electron chi connectivity index (χ2n) is 18.6. The monoisotopic (exact) mass is 909 g/mol. The molecular formula is C59H104O6. The van der Waals surface area contributed by atoms with Crippen LogP contribution in [0.5, 0.6) is 0 Å². The summed E-state index contributed by atoms with van der Waals surface area (Å²) >= 11 is 0. The number of hydrogen-bond acceptors (Lipinski definition) is 6. The second kappa shape index (κ2) is 53.7. The highest BCUT2D eigenvalue weighted by atomic mass is 16.6. The summed E-state index contributed by atoms with van der Waals surface area (Å²) in [6, 6.07) is 0. The summed E-state index contributed by atoms with van der Waals surface area (Å²) in [6.45, 7) is 6.58. The molecule has 0 aliphatic carbocycles. The van der Waals surface area contributed by atoms with Gasteiger partial charge in [-0.1, -0.05) is 248 Å². The number of unbranched alkanes of at least 4 members (excludes halogenated alkanes) is 32. The Kier molecular flexibility index (Phi) is 51.3. The largest absolute Gasteiger partial charge is 0.462 e. The Bertz CT molecular complexity index is 1180. The van der Waals surface area contributed by atoms with E-state index in [0.717, 1.165) is 96.3 Å². The Morgan fingerprint density at radius 1 is 0.308 bits per heavy atom. The quantitative estimate of drug-likeness (QED) is 0.0199. The fourth-order valence-electron chi connectivity index (χ4n) is 7.86. The molecule has 0 N–H and O–H groups in total. The first kappa shape index (κ1) is 62.1. The lowest BCUT2D eigenvalue weighted by Gasteiger charge is -2.18. The molecule has 1 unspecified atom stereocenters. The van der Waals surface area contributed by atoms with Crippen molar-refractivity contribution in [1.82, 2.24) is 0 Å². The van der Waals surface area contributed by atoms with Crippen molar-refractivity contribution in [3.05, 3.63) is 60.8 Å². The lowest BCUT2D eigenvalue weighted by Crippen LogP contribution is -2.30. The normalized spacial score (nSPS) is 12.5. The first-order valence-electron chi connectivity index (χ1n) is 27.8. The van der Waals surface area contributed by atoms with Gasteiger partial charge in [0.1, 0.15) is 13.2 Å². The Balaban J connectivity index is 4.42. The van der Waals surface area contributed by atoms with Crippen LogP contribution in [0.25, 0.3) is 0 Å². The molecule has 0 aliphatic heterocycles. The van der Waals surface area contributed by atoms with Crippen molar-refractivity contribution in [2.75, 3.05) is 13.2 Å². The molecule has 0 rings (SSSR count). The zero-order chi connectivity index (χ0) is 47.2. The van der Waals surface area contributed by atoms with E-state index >= 15 is 0 Å². The molecule has 376 valence electrons. The molecule has 0 bridgehead atoms. The summed E-state index contributed by atoms with van der Waals surface area (Å²) in [5.41, 5.74) is 0. The topological polar surface area (TPSA) is 78.9 Å². The molecule has 6 heteroatoms. The summed E-state index contributed by atoms with van der Waals surface area (Å²) in [7, 11) is 0. The van der Waals surface area contributed by atoms with Gasteiger partial charge in [-0.25, -0.2) is 0 Å². The number of carbonyl (C=O) groups is 3. The van der Waals surface area contributed by atoms with E-state index in [9.17, 15) is 14.4 Å². The zero-order valence-electron chi connectivity index (χ0n) is 43.0. The fourth-order valence-corrected chi connectivity index (χ4v) is 7.86. The van der Waals surface area contributed by atoms with Gasteiger partial charge in [0, 0.05) is 19.3 Å². The van der Waals surface area contributed by atoms with Crippen LogP contribution in [0.1, 0.15) is 278 Å². The number of allylic oxidation sites excluding steroid dienone is 10. The predicted molar refractivity (Wildman–Crippen MR) is 279 cm³/mol. The number of esters is 3. The molecule has 0 amide bonds. The van der Waals surface area contributed by atoms with Gasteiger partial charge in [-0.15, -0.1) is 0 Å². The lowest BCUT2D eigenvalue weighted by atomic mass is 10.0. The molecule has 0 saturated carbocycles. The Morgan fingerprint density at radius 2 is 0.569 bits per heavy atom. The Labute approximate surface area is 402 Å². The smallest absolute Gasteiger partial charge is 0.306 e. The van der Waals surface area contributed by atoms with E-state index in [1.807, 2.05) is 0 Å². The van der Waals surface area contributed by atoms with Gasteiger partial charge < -0.3 is 14.2 Å². The molecule has 6 nitrogen and oxygen atoms in total. The average molecular weight is 909 g/mol. The van der Waals surface area contributed by atoms with Gasteiger partial charge in [0.15, 0.2) is 6.10 Å². The fraction of sp³-hybridized carbons (Fsp3) is 0.780. The molecular weight excluding hydrogens is 805 g/mol. The summed E-state index contributed by atoms with van der Waals surface area (Å²) < 4.78 is 16.8. The first-order chi connectivity index (χ1) is 32.0. The van der Waals surface area contributed by atoms with Crippen LogP contribution in [-0.2, 0) is 28.6 Å². The van der Waals surface area contributed by atoms with Crippen molar-refractivity contribution in [2.45, 2.75) is 284 Å². The second-order valence-corrected chi connectivity index (χ2v) is 18.6. The highest BCUT2D eigenvalue weighted by molar-refractivity contribution is 5.71.